The Morgan fingerprint density at radius 2 is 1.32 bits per heavy atom. The third-order valence-electron chi connectivity index (χ3n) is 13.1. The summed E-state index contributed by atoms with van der Waals surface area (Å²) in [5, 5.41) is 33.2. The Morgan fingerprint density at radius 3 is 1.89 bits per heavy atom. The van der Waals surface area contributed by atoms with E-state index >= 15 is 0 Å². The van der Waals surface area contributed by atoms with Gasteiger partial charge in [-0.2, -0.15) is 0 Å². The van der Waals surface area contributed by atoms with Gasteiger partial charge in [-0.1, -0.05) is 60.1 Å². The quantitative estimate of drug-likeness (QED) is 0.0362. The number of nitrogens with one attached hydrogen (secondary N) is 6. The maximum Gasteiger partial charge on any atom is 0.243 e. The van der Waals surface area contributed by atoms with Crippen LogP contribution in [-0.2, 0) is 23.8 Å². The third kappa shape index (κ3) is 12.4. The molecule has 5 atom stereocenters. The number of carbonyl (C=O) groups is 2. The molecular formula is C53H58Cl3N11O9. The van der Waals surface area contributed by atoms with E-state index < -0.39 is 0 Å². The van der Waals surface area contributed by atoms with Gasteiger partial charge in [0.1, 0.15) is 53.2 Å². The number of aliphatic hydroxyl groups excluding tert-OH is 1. The molecule has 1 unspecified atom stereocenters. The van der Waals surface area contributed by atoms with E-state index in [4.69, 9.17) is 78.2 Å². The van der Waals surface area contributed by atoms with E-state index in [-0.39, 0.29) is 71.9 Å². The van der Waals surface area contributed by atoms with Crippen LogP contribution in [0, 0.1) is 0 Å². The molecule has 3 saturated heterocycles. The van der Waals surface area contributed by atoms with E-state index in [1.54, 1.807) is 18.5 Å². The van der Waals surface area contributed by atoms with Crippen LogP contribution in [0.15, 0.2) is 86.2 Å². The van der Waals surface area contributed by atoms with Crippen LogP contribution in [0.2, 0.25) is 15.1 Å². The summed E-state index contributed by atoms with van der Waals surface area (Å²) in [6, 6.07) is 13.7. The van der Waals surface area contributed by atoms with Crippen LogP contribution < -0.4 is 46.1 Å². The van der Waals surface area contributed by atoms with Crippen molar-refractivity contribution in [3.05, 3.63) is 101 Å². The Bertz CT molecular complexity index is 3090. The minimum absolute atomic E-state index is 0.111. The summed E-state index contributed by atoms with van der Waals surface area (Å²) < 4.78 is 35.1. The fourth-order valence-electron chi connectivity index (χ4n) is 9.23. The fraction of sp³-hybridized carbons (Fsp3) is 0.358. The number of nitrogens with zero attached hydrogens (tertiary/aromatic N) is 5. The maximum absolute atomic E-state index is 12.2. The smallest absolute Gasteiger partial charge is 0.243 e. The average Bonchev–Trinajstić information content (AvgIpc) is 4.07. The number of amides is 2. The number of aliphatic hydroxyl groups is 1. The first-order valence-electron chi connectivity index (χ1n) is 24.6. The number of fused-ring (bicyclic) bond motifs is 2. The second-order valence-electron chi connectivity index (χ2n) is 18.1. The molecule has 0 aliphatic carbocycles. The number of ether oxygens (including phenoxy) is 6. The highest BCUT2D eigenvalue weighted by Gasteiger charge is 2.31. The molecule has 4 aromatic heterocycles. The number of anilines is 4. The number of methoxy groups -OCH3 is 2. The van der Waals surface area contributed by atoms with Crippen molar-refractivity contribution < 1.29 is 43.1 Å². The maximum atomic E-state index is 12.2. The summed E-state index contributed by atoms with van der Waals surface area (Å²) in [4.78, 5) is 45.9. The molecule has 7 N–H and O–H groups in total. The van der Waals surface area contributed by atoms with Gasteiger partial charge in [-0.3, -0.25) is 14.5 Å². The highest BCUT2D eigenvalue weighted by molar-refractivity contribution is 6.41. The molecule has 0 radical (unpaired) electrons. The van der Waals surface area contributed by atoms with E-state index in [0.29, 0.717) is 127 Å². The van der Waals surface area contributed by atoms with E-state index in [0.717, 1.165) is 21.5 Å². The summed E-state index contributed by atoms with van der Waals surface area (Å²) in [6.45, 7) is 11.9. The molecule has 6 aromatic rings. The minimum Gasteiger partial charge on any atom is -0.495 e. The summed E-state index contributed by atoms with van der Waals surface area (Å²) >= 11 is 20.9. The molecule has 0 saturated carbocycles. The molecule has 9 rings (SSSR count). The van der Waals surface area contributed by atoms with Crippen molar-refractivity contribution in [3.63, 3.8) is 0 Å². The van der Waals surface area contributed by atoms with Crippen molar-refractivity contribution in [1.82, 2.24) is 35.5 Å². The normalized spacial score (nSPS) is 19.5. The van der Waals surface area contributed by atoms with Crippen LogP contribution in [0.1, 0.15) is 0 Å². The Balaban J connectivity index is 0.888. The van der Waals surface area contributed by atoms with E-state index in [2.05, 4.69) is 54.9 Å². The molecule has 20 nitrogen and oxygen atoms in total. The SMILES string of the molecule is C=CC(=O)N[C@H]1COC[C@H]1Nc1cc2c(NCCO)nc(-c3cccc(OCC4CN(CCNc5nc(-c6c(Cl)c(OC)cc(OC)c6Cl)cc6cnc(N[C@@H]7COC[C@@H]7NC(=O)C=C)cc56)CCO4)c3Cl)cc2cn1. The van der Waals surface area contributed by atoms with Crippen molar-refractivity contribution in [2.24, 2.45) is 0 Å². The lowest BCUT2D eigenvalue weighted by molar-refractivity contribution is -0.118. The average molecular weight is 1100 g/mol. The zero-order valence-corrected chi connectivity index (χ0v) is 44.1. The van der Waals surface area contributed by atoms with Gasteiger partial charge in [0.25, 0.3) is 0 Å². The lowest BCUT2D eigenvalue weighted by Crippen LogP contribution is -2.46. The van der Waals surface area contributed by atoms with Crippen LogP contribution in [0.25, 0.3) is 44.1 Å². The highest BCUT2D eigenvalue weighted by atomic mass is 35.5. The van der Waals surface area contributed by atoms with Crippen molar-refractivity contribution in [3.8, 4) is 39.8 Å². The molecule has 2 amide bonds. The van der Waals surface area contributed by atoms with Crippen LogP contribution in [0.3, 0.4) is 0 Å². The molecule has 23 heteroatoms. The van der Waals surface area contributed by atoms with Gasteiger partial charge in [0.15, 0.2) is 0 Å². The molecule has 3 aliphatic rings. The zero-order chi connectivity index (χ0) is 53.3. The van der Waals surface area contributed by atoms with Crippen LogP contribution in [0.5, 0.6) is 17.2 Å². The lowest BCUT2D eigenvalue weighted by atomic mass is 10.1. The van der Waals surface area contributed by atoms with Crippen molar-refractivity contribution in [1.29, 1.82) is 0 Å². The predicted octanol–water partition coefficient (Wildman–Crippen LogP) is 6.44. The Morgan fingerprint density at radius 1 is 0.750 bits per heavy atom. The van der Waals surface area contributed by atoms with Gasteiger partial charge in [0.05, 0.1) is 104 Å². The Hall–Kier alpha value is -6.75. The molecule has 76 heavy (non-hydrogen) atoms. The Kier molecular flexibility index (Phi) is 17.7. The lowest BCUT2D eigenvalue weighted by Gasteiger charge is -2.33. The number of morpholine rings is 1. The molecule has 0 bridgehead atoms. The molecule has 3 fully saturated rings. The van der Waals surface area contributed by atoms with Crippen molar-refractivity contribution in [2.75, 3.05) is 114 Å². The van der Waals surface area contributed by atoms with Gasteiger partial charge in [0.2, 0.25) is 11.8 Å². The van der Waals surface area contributed by atoms with Gasteiger partial charge >= 0.3 is 0 Å². The molecule has 3 aliphatic heterocycles. The summed E-state index contributed by atoms with van der Waals surface area (Å²) in [5.41, 5.74) is 2.13. The standard InChI is InChI=1S/C53H58Cl3N11O9/c1-5-46(69)63-39-27-73-25-37(39)61-44-18-33-29(21-59-44)16-35(65-53(33)58-11-14-68)32-8-7-9-41(49(32)54)76-24-31-23-67(13-15-75-31)12-10-57-52-34-19-45(62-38-26-74-28-40(38)64-47(70)6-2)60-22-30(34)17-36(66-52)48-50(55)42(71-3)20-43(72-4)51(48)56/h5-9,16-22,31,37-40,68H,1-2,10-15,23-28H2,3-4H3,(H,57,66)(H,58,65)(H,59,61)(H,60,62)(H,63,69)(H,64,70)/t31?,37-,38-,39+,40+/m1/s1. The van der Waals surface area contributed by atoms with Gasteiger partial charge in [-0.15, -0.1) is 0 Å². The molecule has 2 aromatic carbocycles. The summed E-state index contributed by atoms with van der Waals surface area (Å²) in [6.07, 6.45) is 5.67. The molecule has 7 heterocycles. The molecular weight excluding hydrogens is 1040 g/mol. The van der Waals surface area contributed by atoms with Crippen LogP contribution in [-0.4, -0.2) is 165 Å². The molecule has 0 spiro atoms. The first-order chi connectivity index (χ1) is 37.0. The number of hydrogen-bond donors (Lipinski definition) is 7. The first-order valence-corrected chi connectivity index (χ1v) is 25.7. The summed E-state index contributed by atoms with van der Waals surface area (Å²) in [5.74, 6) is 2.87. The van der Waals surface area contributed by atoms with Crippen LogP contribution in [0.4, 0.5) is 23.3 Å². The summed E-state index contributed by atoms with van der Waals surface area (Å²) in [7, 11) is 3.03. The number of pyridine rings is 4. The molecule has 400 valence electrons. The van der Waals surface area contributed by atoms with E-state index in [1.165, 1.54) is 26.4 Å². The number of carbonyl (C=O) groups excluding carboxylic acids is 2. The van der Waals surface area contributed by atoms with Gasteiger partial charge in [0, 0.05) is 83.9 Å². The van der Waals surface area contributed by atoms with Crippen molar-refractivity contribution >= 4 is 91.4 Å². The second-order valence-corrected chi connectivity index (χ2v) is 19.2. The van der Waals surface area contributed by atoms with Gasteiger partial charge < -0.3 is 65.4 Å². The number of halogens is 3. The second kappa shape index (κ2) is 24.9. The topological polar surface area (TPSA) is 237 Å². The first kappa shape index (κ1) is 54.1. The number of benzene rings is 2. The van der Waals surface area contributed by atoms with E-state index in [1.807, 2.05) is 42.5 Å². The fourth-order valence-corrected chi connectivity index (χ4v) is 10.2. The van der Waals surface area contributed by atoms with E-state index in [9.17, 15) is 14.7 Å². The zero-order valence-electron chi connectivity index (χ0n) is 41.8. The van der Waals surface area contributed by atoms with Crippen LogP contribution >= 0.6 is 34.8 Å². The van der Waals surface area contributed by atoms with Gasteiger partial charge in [-0.05, 0) is 42.5 Å². The number of aromatic nitrogens is 4. The third-order valence-corrected chi connectivity index (χ3v) is 14.3. The number of rotatable bonds is 22. The predicted molar refractivity (Wildman–Crippen MR) is 295 cm³/mol. The van der Waals surface area contributed by atoms with Gasteiger partial charge in [-0.25, -0.2) is 19.9 Å². The monoisotopic (exact) mass is 1100 g/mol. The highest BCUT2D eigenvalue weighted by Crippen LogP contribution is 2.46. The number of hydrogen-bond acceptors (Lipinski definition) is 18. The Labute approximate surface area is 453 Å². The van der Waals surface area contributed by atoms with Crippen molar-refractivity contribution in [2.45, 2.75) is 30.3 Å². The largest absolute Gasteiger partial charge is 0.495 e. The minimum atomic E-state index is -0.288.